The first-order chi connectivity index (χ1) is 14.0. The number of terminal acetylenes is 1. The number of ether oxygens (including phenoxy) is 1. The van der Waals surface area contributed by atoms with E-state index >= 15 is 0 Å². The molecule has 9 heteroatoms. The number of rotatable bonds is 8. The van der Waals surface area contributed by atoms with E-state index < -0.39 is 16.8 Å². The summed E-state index contributed by atoms with van der Waals surface area (Å²) in [5.74, 6) is -0.598. The second-order valence-corrected chi connectivity index (χ2v) is 5.44. The van der Waals surface area contributed by atoms with Crippen molar-refractivity contribution in [2.45, 2.75) is 13.3 Å². The molecule has 0 aliphatic rings. The van der Waals surface area contributed by atoms with Crippen LogP contribution in [-0.4, -0.2) is 42.0 Å². The Labute approximate surface area is 168 Å². The summed E-state index contributed by atoms with van der Waals surface area (Å²) < 4.78 is 4.90. The summed E-state index contributed by atoms with van der Waals surface area (Å²) in [5, 5.41) is 14.0. The number of hydrogen-bond acceptors (Lipinski definition) is 7. The van der Waals surface area contributed by atoms with Crippen molar-refractivity contribution in [1.82, 2.24) is 4.98 Å². The lowest BCUT2D eigenvalue weighted by molar-refractivity contribution is -0.384. The molecule has 0 fully saturated rings. The highest BCUT2D eigenvalue weighted by molar-refractivity contribution is 6.06. The Morgan fingerprint density at radius 1 is 1.28 bits per heavy atom. The maximum atomic E-state index is 13.0. The third-order valence-electron chi connectivity index (χ3n) is 3.73. The largest absolute Gasteiger partial charge is 0.466 e. The number of nitrogens with zero attached hydrogens (tertiary/aromatic N) is 3. The lowest BCUT2D eigenvalue weighted by Gasteiger charge is -2.21. The van der Waals surface area contributed by atoms with Gasteiger partial charge in [-0.1, -0.05) is 6.07 Å². The van der Waals surface area contributed by atoms with Crippen molar-refractivity contribution >= 4 is 29.1 Å². The van der Waals surface area contributed by atoms with E-state index in [-0.39, 0.29) is 30.8 Å². The van der Waals surface area contributed by atoms with Gasteiger partial charge < -0.3 is 10.1 Å². The summed E-state index contributed by atoms with van der Waals surface area (Å²) in [4.78, 5) is 40.8. The van der Waals surface area contributed by atoms with Crippen LogP contribution < -0.4 is 10.2 Å². The van der Waals surface area contributed by atoms with Gasteiger partial charge in [-0.15, -0.1) is 12.8 Å². The summed E-state index contributed by atoms with van der Waals surface area (Å²) in [6.07, 6.45) is 9.50. The van der Waals surface area contributed by atoms with Crippen molar-refractivity contribution in [3.63, 3.8) is 0 Å². The minimum absolute atomic E-state index is 0.0210. The van der Waals surface area contributed by atoms with Crippen LogP contribution in [0, 0.1) is 23.0 Å². The minimum Gasteiger partial charge on any atom is -0.466 e. The first kappa shape index (κ1) is 23.1. The van der Waals surface area contributed by atoms with Crippen LogP contribution >= 0.6 is 0 Å². The normalized spacial score (nSPS) is 9.52. The molecule has 0 aliphatic carbocycles. The number of carbonyl (C=O) groups excluding carboxylic acids is 2. The lowest BCUT2D eigenvalue weighted by atomic mass is 10.1. The highest BCUT2D eigenvalue weighted by Gasteiger charge is 2.23. The summed E-state index contributed by atoms with van der Waals surface area (Å²) in [6.45, 7) is 1.98. The van der Waals surface area contributed by atoms with E-state index in [0.717, 1.165) is 0 Å². The van der Waals surface area contributed by atoms with Crippen molar-refractivity contribution in [3.8, 4) is 12.8 Å². The molecule has 0 unspecified atom stereocenters. The van der Waals surface area contributed by atoms with Crippen molar-refractivity contribution in [2.75, 3.05) is 30.4 Å². The summed E-state index contributed by atoms with van der Waals surface area (Å²) in [5.41, 5.74) is 0.206. The van der Waals surface area contributed by atoms with Crippen LogP contribution in [0.15, 0.2) is 42.6 Å². The number of pyridine rings is 1. The molecule has 152 valence electrons. The quantitative estimate of drug-likeness (QED) is 0.315. The van der Waals surface area contributed by atoms with Gasteiger partial charge in [0.15, 0.2) is 0 Å². The monoisotopic (exact) mass is 398 g/mol. The SMILES string of the molecule is C#C.CCOC(=O)CCN(C(=O)c1ccc(NC)c([N+](=O)[O-])c1)c1ccccn1. The average Bonchev–Trinajstić information content (AvgIpc) is 2.75. The zero-order valence-corrected chi connectivity index (χ0v) is 16.2. The molecular formula is C20H22N4O5. The standard InChI is InChI=1S/C18H20N4O5.C2H2/c1-3-27-17(23)9-11-21(16-6-4-5-10-20-16)18(24)13-7-8-14(19-2)15(12-13)22(25)26;1-2/h4-8,10,12,19H,3,9,11H2,1-2H3;1-2H. The van der Waals surface area contributed by atoms with Gasteiger partial charge in [0.25, 0.3) is 11.6 Å². The average molecular weight is 398 g/mol. The molecule has 1 aromatic heterocycles. The molecule has 29 heavy (non-hydrogen) atoms. The molecule has 0 saturated carbocycles. The van der Waals surface area contributed by atoms with Crippen LogP contribution in [0.5, 0.6) is 0 Å². The van der Waals surface area contributed by atoms with Gasteiger partial charge in [-0.2, -0.15) is 0 Å². The molecule has 0 atom stereocenters. The van der Waals surface area contributed by atoms with Gasteiger partial charge in [-0.25, -0.2) is 4.98 Å². The van der Waals surface area contributed by atoms with Gasteiger partial charge in [0, 0.05) is 31.4 Å². The molecule has 1 amide bonds. The molecule has 2 rings (SSSR count). The summed E-state index contributed by atoms with van der Waals surface area (Å²) >= 11 is 0. The number of amides is 1. The third-order valence-corrected chi connectivity index (χ3v) is 3.73. The Morgan fingerprint density at radius 2 is 2.00 bits per heavy atom. The van der Waals surface area contributed by atoms with Crippen LogP contribution in [0.2, 0.25) is 0 Å². The van der Waals surface area contributed by atoms with Crippen molar-refractivity contribution < 1.29 is 19.2 Å². The van der Waals surface area contributed by atoms with Crippen LogP contribution in [0.25, 0.3) is 0 Å². The number of nitro groups is 1. The zero-order chi connectivity index (χ0) is 21.8. The molecule has 0 bridgehead atoms. The topological polar surface area (TPSA) is 115 Å². The lowest BCUT2D eigenvalue weighted by Crippen LogP contribution is -2.34. The predicted octanol–water partition coefficient (Wildman–Crippen LogP) is 2.88. The van der Waals surface area contributed by atoms with Crippen molar-refractivity contribution in [3.05, 3.63) is 58.3 Å². The van der Waals surface area contributed by atoms with E-state index in [1.807, 2.05) is 0 Å². The summed E-state index contributed by atoms with van der Waals surface area (Å²) in [6, 6.07) is 9.19. The first-order valence-corrected chi connectivity index (χ1v) is 8.66. The van der Waals surface area contributed by atoms with E-state index in [2.05, 4.69) is 23.1 Å². The highest BCUT2D eigenvalue weighted by atomic mass is 16.6. The second kappa shape index (κ2) is 11.7. The van der Waals surface area contributed by atoms with Crippen LogP contribution in [0.3, 0.4) is 0 Å². The van der Waals surface area contributed by atoms with Gasteiger partial charge >= 0.3 is 5.97 Å². The van der Waals surface area contributed by atoms with Crippen molar-refractivity contribution in [2.24, 2.45) is 0 Å². The Balaban J connectivity index is 0.00000204. The van der Waals surface area contributed by atoms with Gasteiger partial charge in [-0.3, -0.25) is 24.6 Å². The third kappa shape index (κ3) is 6.32. The molecule has 2 aromatic rings. The van der Waals surface area contributed by atoms with E-state index in [0.29, 0.717) is 11.5 Å². The fraction of sp³-hybridized carbons (Fsp3) is 0.250. The predicted molar refractivity (Wildman–Crippen MR) is 110 cm³/mol. The molecule has 0 radical (unpaired) electrons. The van der Waals surface area contributed by atoms with Gasteiger partial charge in [0.1, 0.15) is 11.5 Å². The maximum absolute atomic E-state index is 13.0. The number of aromatic nitrogens is 1. The van der Waals surface area contributed by atoms with E-state index in [9.17, 15) is 19.7 Å². The maximum Gasteiger partial charge on any atom is 0.307 e. The Hall–Kier alpha value is -3.93. The molecular weight excluding hydrogens is 376 g/mol. The van der Waals surface area contributed by atoms with Crippen LogP contribution in [0.1, 0.15) is 23.7 Å². The van der Waals surface area contributed by atoms with E-state index in [1.165, 1.54) is 29.3 Å². The number of hydrogen-bond donors (Lipinski definition) is 1. The Bertz CT molecular complexity index is 868. The number of nitro benzene ring substituents is 1. The van der Waals surface area contributed by atoms with Gasteiger partial charge in [0.05, 0.1) is 18.0 Å². The van der Waals surface area contributed by atoms with Gasteiger partial charge in [0.2, 0.25) is 0 Å². The Morgan fingerprint density at radius 3 is 2.55 bits per heavy atom. The van der Waals surface area contributed by atoms with Crippen LogP contribution in [0.4, 0.5) is 17.2 Å². The number of esters is 1. The van der Waals surface area contributed by atoms with Crippen molar-refractivity contribution in [1.29, 1.82) is 0 Å². The summed E-state index contributed by atoms with van der Waals surface area (Å²) in [7, 11) is 1.56. The van der Waals surface area contributed by atoms with E-state index in [4.69, 9.17) is 4.74 Å². The fourth-order valence-electron chi connectivity index (χ4n) is 2.45. The number of carbonyl (C=O) groups is 2. The fourth-order valence-corrected chi connectivity index (χ4v) is 2.45. The molecule has 0 spiro atoms. The molecule has 1 aromatic carbocycles. The first-order valence-electron chi connectivity index (χ1n) is 8.66. The zero-order valence-electron chi connectivity index (χ0n) is 16.2. The molecule has 1 N–H and O–H groups in total. The molecule has 0 aliphatic heterocycles. The number of nitrogens with one attached hydrogen (secondary N) is 1. The van der Waals surface area contributed by atoms with Crippen LogP contribution in [-0.2, 0) is 9.53 Å². The number of anilines is 2. The second-order valence-electron chi connectivity index (χ2n) is 5.44. The van der Waals surface area contributed by atoms with E-state index in [1.54, 1.807) is 32.2 Å². The minimum atomic E-state index is -0.563. The Kier molecular flexibility index (Phi) is 9.33. The smallest absolute Gasteiger partial charge is 0.307 e. The highest BCUT2D eigenvalue weighted by Crippen LogP contribution is 2.26. The molecule has 9 nitrogen and oxygen atoms in total. The van der Waals surface area contributed by atoms with Gasteiger partial charge in [-0.05, 0) is 31.2 Å². The molecule has 1 heterocycles. The number of benzene rings is 1. The molecule has 0 saturated heterocycles.